The third kappa shape index (κ3) is 3.80. The van der Waals surface area contributed by atoms with E-state index in [2.05, 4.69) is 6.07 Å². The number of hydrogen-bond donors (Lipinski definition) is 0. The lowest BCUT2D eigenvalue weighted by molar-refractivity contribution is 0.232. The first-order valence-corrected chi connectivity index (χ1v) is 7.27. The van der Waals surface area contributed by atoms with Crippen molar-refractivity contribution in [3.63, 3.8) is 0 Å². The summed E-state index contributed by atoms with van der Waals surface area (Å²) in [6.45, 7) is 0.529. The standard InChI is InChI=1S/C10H18N2O2S/c1-12(6-7-15(2,13)14)10-5-3-4-9(10)8-11/h9-10H,3-7H2,1-2H3. The molecule has 2 atom stereocenters. The van der Waals surface area contributed by atoms with Crippen molar-refractivity contribution in [3.8, 4) is 6.07 Å². The molecule has 0 radical (unpaired) electrons. The molecule has 86 valence electrons. The highest BCUT2D eigenvalue weighted by Crippen LogP contribution is 2.28. The Kier molecular flexibility index (Phi) is 4.12. The van der Waals surface area contributed by atoms with Crippen LogP contribution < -0.4 is 0 Å². The molecular weight excluding hydrogens is 212 g/mol. The fourth-order valence-corrected chi connectivity index (χ4v) is 2.71. The van der Waals surface area contributed by atoms with E-state index in [-0.39, 0.29) is 17.7 Å². The molecular formula is C10H18N2O2S. The Hall–Kier alpha value is -0.600. The van der Waals surface area contributed by atoms with Crippen LogP contribution in [0.3, 0.4) is 0 Å². The molecule has 0 aromatic carbocycles. The highest BCUT2D eigenvalue weighted by Gasteiger charge is 2.30. The Labute approximate surface area is 91.8 Å². The third-order valence-corrected chi connectivity index (χ3v) is 3.95. The normalized spacial score (nSPS) is 26.8. The van der Waals surface area contributed by atoms with Crippen LogP contribution in [0.4, 0.5) is 0 Å². The second kappa shape index (κ2) is 4.95. The van der Waals surface area contributed by atoms with Crippen molar-refractivity contribution in [2.45, 2.75) is 25.3 Å². The second-order valence-corrected chi connectivity index (χ2v) is 6.60. The van der Waals surface area contributed by atoms with Gasteiger partial charge in [-0.2, -0.15) is 5.26 Å². The predicted molar refractivity (Wildman–Crippen MR) is 59.1 cm³/mol. The van der Waals surface area contributed by atoms with Gasteiger partial charge in [0, 0.05) is 18.8 Å². The maximum Gasteiger partial charge on any atom is 0.148 e. The fraction of sp³-hybridized carbons (Fsp3) is 0.900. The molecule has 1 rings (SSSR count). The summed E-state index contributed by atoms with van der Waals surface area (Å²) < 4.78 is 22.0. The molecule has 4 nitrogen and oxygen atoms in total. The van der Waals surface area contributed by atoms with Crippen LogP contribution in [0, 0.1) is 17.2 Å². The number of hydrogen-bond acceptors (Lipinski definition) is 4. The lowest BCUT2D eigenvalue weighted by atomic mass is 10.0. The van der Waals surface area contributed by atoms with Gasteiger partial charge in [0.1, 0.15) is 9.84 Å². The summed E-state index contributed by atoms with van der Waals surface area (Å²) in [4.78, 5) is 2.02. The van der Waals surface area contributed by atoms with Gasteiger partial charge in [-0.25, -0.2) is 8.42 Å². The van der Waals surface area contributed by atoms with Crippen molar-refractivity contribution in [3.05, 3.63) is 0 Å². The monoisotopic (exact) mass is 230 g/mol. The maximum atomic E-state index is 11.0. The minimum absolute atomic E-state index is 0.0783. The average molecular weight is 230 g/mol. The van der Waals surface area contributed by atoms with Gasteiger partial charge in [-0.15, -0.1) is 0 Å². The van der Waals surface area contributed by atoms with Crippen molar-refractivity contribution in [2.24, 2.45) is 5.92 Å². The van der Waals surface area contributed by atoms with E-state index in [1.807, 2.05) is 11.9 Å². The molecule has 15 heavy (non-hydrogen) atoms. The molecule has 0 N–H and O–H groups in total. The molecule has 0 spiro atoms. The van der Waals surface area contributed by atoms with Crippen LogP contribution in [0.2, 0.25) is 0 Å². The van der Waals surface area contributed by atoms with Gasteiger partial charge in [0.05, 0.1) is 17.7 Å². The minimum Gasteiger partial charge on any atom is -0.301 e. The molecule has 1 fully saturated rings. The van der Waals surface area contributed by atoms with Gasteiger partial charge in [0.25, 0.3) is 0 Å². The Morgan fingerprint density at radius 3 is 2.67 bits per heavy atom. The van der Waals surface area contributed by atoms with Crippen molar-refractivity contribution in [1.29, 1.82) is 5.26 Å². The van der Waals surface area contributed by atoms with E-state index in [0.29, 0.717) is 6.54 Å². The summed E-state index contributed by atoms with van der Waals surface area (Å²) in [6.07, 6.45) is 4.28. The molecule has 0 heterocycles. The van der Waals surface area contributed by atoms with E-state index >= 15 is 0 Å². The first-order chi connectivity index (χ1) is 6.94. The quantitative estimate of drug-likeness (QED) is 0.711. The summed E-state index contributed by atoms with van der Waals surface area (Å²) >= 11 is 0. The van der Waals surface area contributed by atoms with E-state index in [0.717, 1.165) is 19.3 Å². The largest absolute Gasteiger partial charge is 0.301 e. The molecule has 1 aliphatic carbocycles. The zero-order valence-electron chi connectivity index (χ0n) is 9.31. The Balaban J connectivity index is 2.47. The molecule has 0 saturated heterocycles. The summed E-state index contributed by atoms with van der Waals surface area (Å²) in [5.41, 5.74) is 0. The van der Waals surface area contributed by atoms with E-state index < -0.39 is 9.84 Å². The molecule has 2 unspecified atom stereocenters. The number of nitrogens with zero attached hydrogens (tertiary/aromatic N) is 2. The van der Waals surface area contributed by atoms with Gasteiger partial charge in [0.15, 0.2) is 0 Å². The maximum absolute atomic E-state index is 11.0. The lowest BCUT2D eigenvalue weighted by Gasteiger charge is -2.25. The number of rotatable bonds is 4. The zero-order chi connectivity index (χ0) is 11.5. The topological polar surface area (TPSA) is 61.2 Å². The second-order valence-electron chi connectivity index (χ2n) is 4.34. The number of sulfone groups is 1. The minimum atomic E-state index is -2.90. The smallest absolute Gasteiger partial charge is 0.148 e. The fourth-order valence-electron chi connectivity index (χ4n) is 2.09. The van der Waals surface area contributed by atoms with Gasteiger partial charge < -0.3 is 4.90 Å². The van der Waals surface area contributed by atoms with Crippen LogP contribution in [0.1, 0.15) is 19.3 Å². The van der Waals surface area contributed by atoms with Crippen LogP contribution in [0.5, 0.6) is 0 Å². The molecule has 5 heteroatoms. The van der Waals surface area contributed by atoms with Gasteiger partial charge in [-0.3, -0.25) is 0 Å². The molecule has 0 aromatic rings. The van der Waals surface area contributed by atoms with Crippen LogP contribution in [-0.2, 0) is 9.84 Å². The predicted octanol–water partition coefficient (Wildman–Crippen LogP) is 0.655. The van der Waals surface area contributed by atoms with Crippen LogP contribution in [0.25, 0.3) is 0 Å². The van der Waals surface area contributed by atoms with Gasteiger partial charge in [0.2, 0.25) is 0 Å². The Morgan fingerprint density at radius 2 is 2.13 bits per heavy atom. The van der Waals surface area contributed by atoms with Crippen molar-refractivity contribution in [1.82, 2.24) is 4.90 Å². The molecule has 1 aliphatic rings. The highest BCUT2D eigenvalue weighted by molar-refractivity contribution is 7.90. The Morgan fingerprint density at radius 1 is 1.47 bits per heavy atom. The van der Waals surface area contributed by atoms with Crippen molar-refractivity contribution in [2.75, 3.05) is 25.6 Å². The highest BCUT2D eigenvalue weighted by atomic mass is 32.2. The SMILES string of the molecule is CN(CCS(C)(=O)=O)C1CCCC1C#N. The van der Waals surface area contributed by atoms with Crippen LogP contribution >= 0.6 is 0 Å². The summed E-state index contributed by atoms with van der Waals surface area (Å²) in [6, 6.07) is 2.55. The summed E-state index contributed by atoms with van der Waals surface area (Å²) in [7, 11) is -0.989. The van der Waals surface area contributed by atoms with Gasteiger partial charge in [-0.05, 0) is 19.9 Å². The number of nitriles is 1. The molecule has 0 amide bonds. The van der Waals surface area contributed by atoms with E-state index in [1.54, 1.807) is 0 Å². The Bertz CT molecular complexity index is 345. The van der Waals surface area contributed by atoms with Crippen molar-refractivity contribution >= 4 is 9.84 Å². The van der Waals surface area contributed by atoms with E-state index in [1.165, 1.54) is 6.26 Å². The first-order valence-electron chi connectivity index (χ1n) is 5.21. The van der Waals surface area contributed by atoms with E-state index in [4.69, 9.17) is 5.26 Å². The molecule has 0 bridgehead atoms. The summed E-state index contributed by atoms with van der Waals surface area (Å²) in [5, 5.41) is 8.92. The van der Waals surface area contributed by atoms with Crippen LogP contribution in [0.15, 0.2) is 0 Å². The summed E-state index contributed by atoms with van der Waals surface area (Å²) in [5.74, 6) is 0.257. The zero-order valence-corrected chi connectivity index (χ0v) is 10.1. The lowest BCUT2D eigenvalue weighted by Crippen LogP contribution is -2.37. The van der Waals surface area contributed by atoms with Crippen molar-refractivity contribution < 1.29 is 8.42 Å². The van der Waals surface area contributed by atoms with Gasteiger partial charge >= 0.3 is 0 Å². The van der Waals surface area contributed by atoms with E-state index in [9.17, 15) is 8.42 Å². The van der Waals surface area contributed by atoms with Gasteiger partial charge in [-0.1, -0.05) is 6.42 Å². The molecule has 1 saturated carbocycles. The molecule has 0 aliphatic heterocycles. The first kappa shape index (κ1) is 12.5. The average Bonchev–Trinajstić information content (AvgIpc) is 2.60. The van der Waals surface area contributed by atoms with Crippen LogP contribution in [-0.4, -0.2) is 45.0 Å². The third-order valence-electron chi connectivity index (χ3n) is 3.03. The molecule has 0 aromatic heterocycles.